The van der Waals surface area contributed by atoms with Gasteiger partial charge in [-0.3, -0.25) is 0 Å². The van der Waals surface area contributed by atoms with Gasteiger partial charge in [-0.25, -0.2) is 0 Å². The molecule has 0 radical (unpaired) electrons. The maximum absolute atomic E-state index is 12.0. The number of nitrogens with one attached hydrogen (secondary N) is 1. The van der Waals surface area contributed by atoms with Gasteiger partial charge in [0, 0.05) is 27.2 Å². The second-order valence-electron chi connectivity index (χ2n) is 4.46. The Morgan fingerprint density at radius 1 is 1.19 bits per heavy atom. The lowest BCUT2D eigenvalue weighted by Gasteiger charge is -2.25. The Kier molecular flexibility index (Phi) is 7.14. The lowest BCUT2D eigenvalue weighted by atomic mass is 10.2. The average molecular weight is 251 g/mol. The summed E-state index contributed by atoms with van der Waals surface area (Å²) < 4.78 is 26.8. The lowest BCUT2D eigenvalue weighted by Crippen LogP contribution is -2.41. The quantitative estimate of drug-likeness (QED) is 0.634. The summed E-state index contributed by atoms with van der Waals surface area (Å²) in [4.78, 5) is 0. The minimum atomic E-state index is -3.28. The third-order valence-corrected chi connectivity index (χ3v) is 4.22. The first kappa shape index (κ1) is 15.8. The standard InChI is InChI=1S/C10H25N3O2S/c1-10(2)9-13(5)16(14,15)12(4)8-6-7-11-3/h10-11H,6-9H2,1-5H3. The minimum absolute atomic E-state index is 0.338. The zero-order chi connectivity index (χ0) is 12.8. The van der Waals surface area contributed by atoms with E-state index in [9.17, 15) is 8.42 Å². The van der Waals surface area contributed by atoms with E-state index < -0.39 is 10.2 Å². The van der Waals surface area contributed by atoms with Gasteiger partial charge in [0.25, 0.3) is 10.2 Å². The van der Waals surface area contributed by atoms with E-state index in [4.69, 9.17) is 0 Å². The van der Waals surface area contributed by atoms with Crippen LogP contribution in [0.1, 0.15) is 20.3 Å². The molecule has 0 saturated heterocycles. The molecule has 0 aromatic carbocycles. The molecule has 1 N–H and O–H groups in total. The first-order valence-electron chi connectivity index (χ1n) is 5.64. The number of rotatable bonds is 8. The fourth-order valence-electron chi connectivity index (χ4n) is 1.44. The molecule has 0 fully saturated rings. The molecule has 0 aliphatic heterocycles. The van der Waals surface area contributed by atoms with Crippen LogP contribution in [0.4, 0.5) is 0 Å². The summed E-state index contributed by atoms with van der Waals surface area (Å²) in [5.74, 6) is 0.338. The van der Waals surface area contributed by atoms with Crippen molar-refractivity contribution >= 4 is 10.2 Å². The van der Waals surface area contributed by atoms with Gasteiger partial charge in [0.2, 0.25) is 0 Å². The normalized spacial score (nSPS) is 13.0. The maximum Gasteiger partial charge on any atom is 0.281 e. The van der Waals surface area contributed by atoms with Gasteiger partial charge in [0.05, 0.1) is 0 Å². The molecule has 0 unspecified atom stereocenters. The molecule has 0 aromatic rings. The van der Waals surface area contributed by atoms with E-state index in [0.29, 0.717) is 19.0 Å². The van der Waals surface area contributed by atoms with Crippen LogP contribution in [-0.4, -0.2) is 57.8 Å². The SMILES string of the molecule is CNCCCN(C)S(=O)(=O)N(C)CC(C)C. The Morgan fingerprint density at radius 2 is 1.75 bits per heavy atom. The van der Waals surface area contributed by atoms with Gasteiger partial charge in [0.15, 0.2) is 0 Å². The summed E-state index contributed by atoms with van der Waals surface area (Å²) in [6, 6.07) is 0. The highest BCUT2D eigenvalue weighted by molar-refractivity contribution is 7.86. The predicted molar refractivity (Wildman–Crippen MR) is 67.6 cm³/mol. The van der Waals surface area contributed by atoms with Gasteiger partial charge >= 0.3 is 0 Å². The zero-order valence-corrected chi connectivity index (χ0v) is 11.8. The van der Waals surface area contributed by atoms with Gasteiger partial charge in [-0.15, -0.1) is 0 Å². The van der Waals surface area contributed by atoms with Crippen molar-refractivity contribution in [2.24, 2.45) is 5.92 Å². The van der Waals surface area contributed by atoms with E-state index in [1.807, 2.05) is 20.9 Å². The Morgan fingerprint density at radius 3 is 2.19 bits per heavy atom. The molecule has 98 valence electrons. The molecule has 0 atom stereocenters. The molecule has 0 aliphatic carbocycles. The highest BCUT2D eigenvalue weighted by Crippen LogP contribution is 2.07. The van der Waals surface area contributed by atoms with Crippen LogP contribution in [0.5, 0.6) is 0 Å². The molecule has 0 spiro atoms. The summed E-state index contributed by atoms with van der Waals surface area (Å²) in [6.45, 7) is 5.94. The number of hydrogen-bond donors (Lipinski definition) is 1. The largest absolute Gasteiger partial charge is 0.320 e. The van der Waals surface area contributed by atoms with Crippen molar-refractivity contribution in [3.63, 3.8) is 0 Å². The molecule has 0 bridgehead atoms. The van der Waals surface area contributed by atoms with Crippen molar-refractivity contribution < 1.29 is 8.42 Å². The van der Waals surface area contributed by atoms with Crippen LogP contribution in [0.25, 0.3) is 0 Å². The van der Waals surface area contributed by atoms with Gasteiger partial charge in [0.1, 0.15) is 0 Å². The summed E-state index contributed by atoms with van der Waals surface area (Å²) in [7, 11) is 1.84. The van der Waals surface area contributed by atoms with Gasteiger partial charge in [-0.05, 0) is 25.9 Å². The molecule has 0 saturated carbocycles. The van der Waals surface area contributed by atoms with Crippen LogP contribution in [0.15, 0.2) is 0 Å². The van der Waals surface area contributed by atoms with Gasteiger partial charge < -0.3 is 5.32 Å². The van der Waals surface area contributed by atoms with Gasteiger partial charge in [-0.1, -0.05) is 13.8 Å². The first-order valence-corrected chi connectivity index (χ1v) is 7.04. The van der Waals surface area contributed by atoms with Crippen molar-refractivity contribution in [2.75, 3.05) is 40.8 Å². The topological polar surface area (TPSA) is 52.7 Å². The van der Waals surface area contributed by atoms with Crippen molar-refractivity contribution in [3.05, 3.63) is 0 Å². The van der Waals surface area contributed by atoms with Crippen molar-refractivity contribution in [1.82, 2.24) is 13.9 Å². The fraction of sp³-hybridized carbons (Fsp3) is 1.00. The smallest absolute Gasteiger partial charge is 0.281 e. The Labute approximate surface area is 100.0 Å². The lowest BCUT2D eigenvalue weighted by molar-refractivity contribution is 0.364. The predicted octanol–water partition coefficient (Wildman–Crippen LogP) is 0.360. The van der Waals surface area contributed by atoms with E-state index in [2.05, 4.69) is 5.32 Å². The molecule has 16 heavy (non-hydrogen) atoms. The molecule has 0 amide bonds. The van der Waals surface area contributed by atoms with E-state index in [0.717, 1.165) is 13.0 Å². The van der Waals surface area contributed by atoms with E-state index >= 15 is 0 Å². The minimum Gasteiger partial charge on any atom is -0.320 e. The summed E-state index contributed by atoms with van der Waals surface area (Å²) >= 11 is 0. The van der Waals surface area contributed by atoms with Crippen LogP contribution in [-0.2, 0) is 10.2 Å². The van der Waals surface area contributed by atoms with Crippen LogP contribution in [0.3, 0.4) is 0 Å². The van der Waals surface area contributed by atoms with Crippen LogP contribution >= 0.6 is 0 Å². The van der Waals surface area contributed by atoms with E-state index in [-0.39, 0.29) is 0 Å². The third-order valence-electron chi connectivity index (χ3n) is 2.31. The maximum atomic E-state index is 12.0. The number of hydrogen-bond acceptors (Lipinski definition) is 3. The summed E-state index contributed by atoms with van der Waals surface area (Å²) in [6.07, 6.45) is 0.821. The van der Waals surface area contributed by atoms with Crippen LogP contribution in [0.2, 0.25) is 0 Å². The molecule has 6 heteroatoms. The second-order valence-corrected chi connectivity index (χ2v) is 6.60. The average Bonchev–Trinajstić information content (AvgIpc) is 2.16. The van der Waals surface area contributed by atoms with Gasteiger partial charge in [-0.2, -0.15) is 17.0 Å². The van der Waals surface area contributed by atoms with Crippen molar-refractivity contribution in [2.45, 2.75) is 20.3 Å². The van der Waals surface area contributed by atoms with Crippen molar-refractivity contribution in [1.29, 1.82) is 0 Å². The zero-order valence-electron chi connectivity index (χ0n) is 11.0. The molecular formula is C10H25N3O2S. The molecule has 0 aliphatic rings. The summed E-state index contributed by atoms with van der Waals surface area (Å²) in [5.41, 5.74) is 0. The third kappa shape index (κ3) is 5.25. The van der Waals surface area contributed by atoms with Crippen LogP contribution < -0.4 is 5.32 Å². The number of nitrogens with zero attached hydrogens (tertiary/aromatic N) is 2. The van der Waals surface area contributed by atoms with E-state index in [1.165, 1.54) is 8.61 Å². The molecule has 0 rings (SSSR count). The molecule has 5 nitrogen and oxygen atoms in total. The highest BCUT2D eigenvalue weighted by Gasteiger charge is 2.23. The van der Waals surface area contributed by atoms with Crippen LogP contribution in [0, 0.1) is 5.92 Å². The highest BCUT2D eigenvalue weighted by atomic mass is 32.2. The van der Waals surface area contributed by atoms with E-state index in [1.54, 1.807) is 14.1 Å². The monoisotopic (exact) mass is 251 g/mol. The molecule has 0 aromatic heterocycles. The van der Waals surface area contributed by atoms with Crippen molar-refractivity contribution in [3.8, 4) is 0 Å². The first-order chi connectivity index (χ1) is 7.32. The Balaban J connectivity index is 4.29. The second kappa shape index (κ2) is 7.21. The Bertz CT molecular complexity index is 278. The molecule has 0 heterocycles. The Hall–Kier alpha value is -0.170. The summed E-state index contributed by atoms with van der Waals surface area (Å²) in [5, 5.41) is 3.00. The molecular weight excluding hydrogens is 226 g/mol. The fourth-order valence-corrected chi connectivity index (χ4v) is 2.76.